The number of nitrogens with zero attached hydrogens (tertiary/aromatic N) is 3. The van der Waals surface area contributed by atoms with Crippen molar-refractivity contribution in [3.63, 3.8) is 0 Å². The van der Waals surface area contributed by atoms with Crippen LogP contribution in [-0.2, 0) is 11.4 Å². The summed E-state index contributed by atoms with van der Waals surface area (Å²) in [5.41, 5.74) is -0.0585. The second-order valence-electron chi connectivity index (χ2n) is 5.27. The Hall–Kier alpha value is -2.48. The number of pyridine rings is 1. The summed E-state index contributed by atoms with van der Waals surface area (Å²) >= 11 is 0. The minimum Gasteiger partial charge on any atom is -0.505 e. The zero-order valence-electron chi connectivity index (χ0n) is 12.6. The van der Waals surface area contributed by atoms with Crippen molar-refractivity contribution in [2.24, 2.45) is 5.10 Å². The van der Waals surface area contributed by atoms with Crippen molar-refractivity contribution in [3.8, 4) is 5.75 Å². The number of aromatic hydroxyl groups is 1. The first kappa shape index (κ1) is 15.9. The van der Waals surface area contributed by atoms with Gasteiger partial charge in [0.05, 0.1) is 18.5 Å². The average molecular weight is 306 g/mol. The second kappa shape index (κ2) is 5.72. The minimum absolute atomic E-state index is 0.152. The van der Waals surface area contributed by atoms with E-state index in [1.807, 2.05) is 0 Å². The number of carbonyl (C=O) groups excluding carboxylic acids is 2. The highest BCUT2D eigenvalue weighted by Gasteiger charge is 2.46. The van der Waals surface area contributed by atoms with Gasteiger partial charge in [-0.05, 0) is 20.3 Å². The van der Waals surface area contributed by atoms with E-state index in [2.05, 4.69) is 15.4 Å². The summed E-state index contributed by atoms with van der Waals surface area (Å²) < 4.78 is 0. The number of aliphatic hydroxyl groups is 1. The molecule has 118 valence electrons. The van der Waals surface area contributed by atoms with Crippen LogP contribution in [0.1, 0.15) is 37.1 Å². The number of aliphatic hydroxyl groups excluding tert-OH is 1. The van der Waals surface area contributed by atoms with Crippen LogP contribution in [0.4, 0.5) is 4.79 Å². The first-order valence-electron chi connectivity index (χ1n) is 6.83. The van der Waals surface area contributed by atoms with Crippen LogP contribution in [0, 0.1) is 6.92 Å². The number of amides is 3. The molecule has 0 unspecified atom stereocenters. The van der Waals surface area contributed by atoms with Crippen LogP contribution in [0.15, 0.2) is 11.3 Å². The molecule has 8 nitrogen and oxygen atoms in total. The maximum Gasteiger partial charge on any atom is 0.346 e. The summed E-state index contributed by atoms with van der Waals surface area (Å²) in [6, 6.07) is -0.624. The van der Waals surface area contributed by atoms with Crippen molar-refractivity contribution < 1.29 is 19.8 Å². The number of hydrogen-bond acceptors (Lipinski definition) is 6. The number of aromatic nitrogens is 1. The summed E-state index contributed by atoms with van der Waals surface area (Å²) in [4.78, 5) is 28.0. The van der Waals surface area contributed by atoms with Crippen molar-refractivity contribution in [1.29, 1.82) is 0 Å². The molecular weight excluding hydrogens is 288 g/mol. The maximum atomic E-state index is 12.2. The quantitative estimate of drug-likeness (QED) is 0.558. The number of hydrazone groups is 1. The molecule has 1 aromatic heterocycles. The molecule has 2 rings (SSSR count). The molecule has 1 fully saturated rings. The smallest absolute Gasteiger partial charge is 0.346 e. The fourth-order valence-corrected chi connectivity index (χ4v) is 2.05. The van der Waals surface area contributed by atoms with E-state index < -0.39 is 17.5 Å². The van der Waals surface area contributed by atoms with E-state index in [0.717, 1.165) is 5.01 Å². The number of rotatable bonds is 4. The topological polar surface area (TPSA) is 115 Å². The van der Waals surface area contributed by atoms with Gasteiger partial charge in [-0.3, -0.25) is 9.78 Å². The van der Waals surface area contributed by atoms with Crippen LogP contribution in [0.2, 0.25) is 0 Å². The first-order chi connectivity index (χ1) is 10.3. The van der Waals surface area contributed by atoms with Gasteiger partial charge in [0.1, 0.15) is 11.3 Å². The lowest BCUT2D eigenvalue weighted by atomic mass is 10.00. The van der Waals surface area contributed by atoms with Gasteiger partial charge >= 0.3 is 6.03 Å². The van der Waals surface area contributed by atoms with E-state index in [-0.39, 0.29) is 17.9 Å². The molecule has 0 aliphatic carbocycles. The molecule has 1 saturated heterocycles. The van der Waals surface area contributed by atoms with Crippen LogP contribution in [-0.4, -0.2) is 43.9 Å². The molecule has 1 aliphatic heterocycles. The van der Waals surface area contributed by atoms with Gasteiger partial charge in [-0.1, -0.05) is 6.92 Å². The van der Waals surface area contributed by atoms with Crippen LogP contribution < -0.4 is 5.32 Å². The summed E-state index contributed by atoms with van der Waals surface area (Å²) in [5.74, 6) is -0.618. The van der Waals surface area contributed by atoms with Gasteiger partial charge < -0.3 is 15.5 Å². The van der Waals surface area contributed by atoms with Gasteiger partial charge in [0.15, 0.2) is 0 Å². The third kappa shape index (κ3) is 2.52. The fourth-order valence-electron chi connectivity index (χ4n) is 2.05. The Labute approximate surface area is 127 Å². The first-order valence-corrected chi connectivity index (χ1v) is 6.83. The molecule has 3 amide bonds. The summed E-state index contributed by atoms with van der Waals surface area (Å²) in [5, 5.41) is 26.4. The highest BCUT2D eigenvalue weighted by molar-refractivity contribution is 6.07. The van der Waals surface area contributed by atoms with E-state index in [1.54, 1.807) is 20.8 Å². The van der Waals surface area contributed by atoms with E-state index >= 15 is 0 Å². The van der Waals surface area contributed by atoms with Crippen molar-refractivity contribution in [2.75, 3.05) is 0 Å². The van der Waals surface area contributed by atoms with E-state index in [9.17, 15) is 19.8 Å². The minimum atomic E-state index is -0.982. The lowest BCUT2D eigenvalue weighted by Crippen LogP contribution is -2.42. The third-order valence-electron chi connectivity index (χ3n) is 3.78. The molecule has 1 aliphatic rings. The van der Waals surface area contributed by atoms with Gasteiger partial charge in [0.2, 0.25) is 0 Å². The molecule has 0 aromatic carbocycles. The van der Waals surface area contributed by atoms with Crippen molar-refractivity contribution in [2.45, 2.75) is 39.3 Å². The molecule has 22 heavy (non-hydrogen) atoms. The van der Waals surface area contributed by atoms with Crippen molar-refractivity contribution >= 4 is 18.2 Å². The SMILES string of the molecule is CC[C@]1(C)NC(=O)N(N=Cc2c(CO)cnc(C)c2O)C1=O. The normalized spacial score (nSPS) is 21.7. The molecule has 1 aromatic rings. The van der Waals surface area contributed by atoms with Crippen LogP contribution in [0.5, 0.6) is 5.75 Å². The molecule has 3 N–H and O–H groups in total. The van der Waals surface area contributed by atoms with Crippen molar-refractivity contribution in [3.05, 3.63) is 23.0 Å². The molecule has 0 saturated carbocycles. The Bertz CT molecular complexity index is 658. The number of urea groups is 1. The molecule has 0 radical (unpaired) electrons. The van der Waals surface area contributed by atoms with Gasteiger partial charge in [0, 0.05) is 17.3 Å². The fraction of sp³-hybridized carbons (Fsp3) is 0.429. The number of aryl methyl sites for hydroxylation is 1. The largest absolute Gasteiger partial charge is 0.505 e. The highest BCUT2D eigenvalue weighted by Crippen LogP contribution is 2.24. The Balaban J connectivity index is 2.36. The van der Waals surface area contributed by atoms with E-state index in [0.29, 0.717) is 17.7 Å². The van der Waals surface area contributed by atoms with Gasteiger partial charge in [-0.2, -0.15) is 5.10 Å². The van der Waals surface area contributed by atoms with Gasteiger partial charge in [-0.15, -0.1) is 5.01 Å². The zero-order valence-corrected chi connectivity index (χ0v) is 12.6. The van der Waals surface area contributed by atoms with E-state index in [4.69, 9.17) is 0 Å². The summed E-state index contributed by atoms with van der Waals surface area (Å²) in [6.07, 6.45) is 3.01. The average Bonchev–Trinajstić information content (AvgIpc) is 2.71. The number of hydrogen-bond donors (Lipinski definition) is 3. The van der Waals surface area contributed by atoms with Crippen LogP contribution in [0.25, 0.3) is 0 Å². The lowest BCUT2D eigenvalue weighted by molar-refractivity contribution is -0.130. The van der Waals surface area contributed by atoms with Crippen LogP contribution >= 0.6 is 0 Å². The molecule has 2 heterocycles. The van der Waals surface area contributed by atoms with Gasteiger partial charge in [-0.25, -0.2) is 4.79 Å². The standard InChI is InChI=1S/C14H18N4O4/c1-4-14(3)12(21)18(13(22)17-14)16-6-10-9(7-19)5-15-8(2)11(10)20/h5-6,19-20H,4,7H2,1-3H3,(H,17,22)/t14-/m0/s1. The molecular formula is C14H18N4O4. The maximum absolute atomic E-state index is 12.2. The molecule has 0 spiro atoms. The van der Waals surface area contributed by atoms with Crippen molar-refractivity contribution in [1.82, 2.24) is 15.3 Å². The van der Waals surface area contributed by atoms with Gasteiger partial charge in [0.25, 0.3) is 5.91 Å². The number of carbonyl (C=O) groups is 2. The highest BCUT2D eigenvalue weighted by atomic mass is 16.3. The Morgan fingerprint density at radius 1 is 1.50 bits per heavy atom. The monoisotopic (exact) mass is 306 g/mol. The Kier molecular flexibility index (Phi) is 4.14. The Morgan fingerprint density at radius 2 is 2.18 bits per heavy atom. The third-order valence-corrected chi connectivity index (χ3v) is 3.78. The van der Waals surface area contributed by atoms with Crippen LogP contribution in [0.3, 0.4) is 0 Å². The lowest BCUT2D eigenvalue weighted by Gasteiger charge is -2.17. The number of imide groups is 1. The molecule has 8 heteroatoms. The second-order valence-corrected chi connectivity index (χ2v) is 5.27. The summed E-state index contributed by atoms with van der Waals surface area (Å²) in [7, 11) is 0. The summed E-state index contributed by atoms with van der Waals surface area (Å²) in [6.45, 7) is 4.65. The number of nitrogens with one attached hydrogen (secondary N) is 1. The van der Waals surface area contributed by atoms with E-state index in [1.165, 1.54) is 12.4 Å². The molecule has 1 atom stereocenters. The predicted molar refractivity (Wildman–Crippen MR) is 78.2 cm³/mol. The zero-order chi connectivity index (χ0) is 16.5. The predicted octanol–water partition coefficient (Wildman–Crippen LogP) is 0.642. The molecule has 0 bridgehead atoms. The Morgan fingerprint density at radius 3 is 2.73 bits per heavy atom.